The molecule has 4 aromatic rings. The summed E-state index contributed by atoms with van der Waals surface area (Å²) in [4.78, 5) is 30.3. The van der Waals surface area contributed by atoms with Gasteiger partial charge < -0.3 is 14.2 Å². The van der Waals surface area contributed by atoms with E-state index in [1.807, 2.05) is 24.3 Å². The number of rotatable bonds is 5. The standard InChI is InChI=1S/C26H15BrClNO5S/c1-32-17-9-6-14(7-10-17)25(30)33-20-11-8-16(27)12-15(20)13-19-26(31)34-24(29-19)23-22(28)18-4-2-3-5-21(18)35-23/h2-13H,1H3/b19-13+. The van der Waals surface area contributed by atoms with Gasteiger partial charge in [-0.15, -0.1) is 11.3 Å². The summed E-state index contributed by atoms with van der Waals surface area (Å²) in [6, 6.07) is 19.3. The maximum atomic E-state index is 12.7. The lowest BCUT2D eigenvalue weighted by Gasteiger charge is -2.09. The fourth-order valence-electron chi connectivity index (χ4n) is 3.42. The van der Waals surface area contributed by atoms with Gasteiger partial charge in [0.1, 0.15) is 16.4 Å². The average molecular weight is 569 g/mol. The molecule has 0 aliphatic carbocycles. The highest BCUT2D eigenvalue weighted by Crippen LogP contribution is 2.37. The molecule has 35 heavy (non-hydrogen) atoms. The number of halogens is 2. The SMILES string of the molecule is COc1ccc(C(=O)Oc2ccc(Br)cc2/C=C2/N=C(c3sc4ccccc4c3Cl)OC2=O)cc1. The van der Waals surface area contributed by atoms with E-state index in [4.69, 9.17) is 25.8 Å². The van der Waals surface area contributed by atoms with E-state index >= 15 is 0 Å². The fraction of sp³-hybridized carbons (Fsp3) is 0.0385. The molecule has 9 heteroatoms. The highest BCUT2D eigenvalue weighted by Gasteiger charge is 2.28. The third-order valence-corrected chi connectivity index (χ3v) is 7.30. The Morgan fingerprint density at radius 1 is 1.11 bits per heavy atom. The van der Waals surface area contributed by atoms with Crippen molar-refractivity contribution < 1.29 is 23.8 Å². The maximum absolute atomic E-state index is 12.7. The predicted molar refractivity (Wildman–Crippen MR) is 140 cm³/mol. The van der Waals surface area contributed by atoms with Crippen LogP contribution >= 0.6 is 38.9 Å². The molecule has 1 aliphatic rings. The van der Waals surface area contributed by atoms with Crippen LogP contribution in [0.25, 0.3) is 16.2 Å². The van der Waals surface area contributed by atoms with Gasteiger partial charge in [0, 0.05) is 20.1 Å². The molecular weight excluding hydrogens is 554 g/mol. The van der Waals surface area contributed by atoms with Gasteiger partial charge in [0.15, 0.2) is 5.70 Å². The van der Waals surface area contributed by atoms with Crippen molar-refractivity contribution in [3.8, 4) is 11.5 Å². The summed E-state index contributed by atoms with van der Waals surface area (Å²) in [7, 11) is 1.55. The van der Waals surface area contributed by atoms with Crippen molar-refractivity contribution in [1.82, 2.24) is 0 Å². The number of thiophene rings is 1. The minimum absolute atomic E-state index is 0.0633. The largest absolute Gasteiger partial charge is 0.497 e. The normalized spacial score (nSPS) is 14.2. The van der Waals surface area contributed by atoms with E-state index in [1.165, 1.54) is 17.4 Å². The van der Waals surface area contributed by atoms with Gasteiger partial charge in [-0.1, -0.05) is 45.7 Å². The summed E-state index contributed by atoms with van der Waals surface area (Å²) < 4.78 is 17.8. The third-order valence-electron chi connectivity index (χ3n) is 5.14. The molecule has 0 unspecified atom stereocenters. The molecule has 6 nitrogen and oxygen atoms in total. The van der Waals surface area contributed by atoms with Gasteiger partial charge in [0.25, 0.3) is 0 Å². The molecule has 2 heterocycles. The van der Waals surface area contributed by atoms with Crippen molar-refractivity contribution in [2.24, 2.45) is 4.99 Å². The number of cyclic esters (lactones) is 1. The van der Waals surface area contributed by atoms with Gasteiger partial charge in [0.2, 0.25) is 5.90 Å². The topological polar surface area (TPSA) is 74.2 Å². The second-order valence-electron chi connectivity index (χ2n) is 7.38. The second kappa shape index (κ2) is 9.65. The Balaban J connectivity index is 1.47. The Bertz CT molecular complexity index is 1540. The zero-order chi connectivity index (χ0) is 24.5. The second-order valence-corrected chi connectivity index (χ2v) is 9.72. The Labute approximate surface area is 217 Å². The number of hydrogen-bond acceptors (Lipinski definition) is 7. The van der Waals surface area contributed by atoms with Crippen LogP contribution in [0.3, 0.4) is 0 Å². The number of nitrogens with zero attached hydrogens (tertiary/aromatic N) is 1. The Morgan fingerprint density at radius 3 is 2.63 bits per heavy atom. The predicted octanol–water partition coefficient (Wildman–Crippen LogP) is 6.89. The number of hydrogen-bond donors (Lipinski definition) is 0. The monoisotopic (exact) mass is 567 g/mol. The first-order valence-corrected chi connectivity index (χ1v) is 12.3. The first-order chi connectivity index (χ1) is 16.9. The smallest absolute Gasteiger partial charge is 0.363 e. The van der Waals surface area contributed by atoms with E-state index in [2.05, 4.69) is 20.9 Å². The molecular formula is C26H15BrClNO5S. The highest BCUT2D eigenvalue weighted by molar-refractivity contribution is 9.10. The van der Waals surface area contributed by atoms with Crippen molar-refractivity contribution in [3.63, 3.8) is 0 Å². The van der Waals surface area contributed by atoms with Crippen molar-refractivity contribution in [2.45, 2.75) is 0 Å². The molecule has 1 aromatic heterocycles. The average Bonchev–Trinajstić information content (AvgIpc) is 3.40. The van der Waals surface area contributed by atoms with Gasteiger partial charge in [-0.25, -0.2) is 14.6 Å². The van der Waals surface area contributed by atoms with Crippen molar-refractivity contribution in [1.29, 1.82) is 0 Å². The van der Waals surface area contributed by atoms with Crippen molar-refractivity contribution >= 4 is 72.9 Å². The van der Waals surface area contributed by atoms with E-state index in [0.29, 0.717) is 26.8 Å². The summed E-state index contributed by atoms with van der Waals surface area (Å²) in [6.07, 6.45) is 1.51. The Hall–Kier alpha value is -3.46. The molecule has 0 N–H and O–H groups in total. The molecule has 3 aromatic carbocycles. The summed E-state index contributed by atoms with van der Waals surface area (Å²) in [5.41, 5.74) is 0.890. The first-order valence-electron chi connectivity index (χ1n) is 10.3. The molecule has 174 valence electrons. The summed E-state index contributed by atoms with van der Waals surface area (Å²) in [6.45, 7) is 0. The number of ether oxygens (including phenoxy) is 3. The first kappa shape index (κ1) is 23.3. The minimum Gasteiger partial charge on any atom is -0.497 e. The molecule has 1 aliphatic heterocycles. The quantitative estimate of drug-likeness (QED) is 0.149. The van der Waals surface area contributed by atoms with E-state index in [0.717, 1.165) is 14.6 Å². The van der Waals surface area contributed by atoms with Gasteiger partial charge in [-0.2, -0.15) is 0 Å². The van der Waals surface area contributed by atoms with Gasteiger partial charge in [0.05, 0.1) is 17.7 Å². The molecule has 0 amide bonds. The van der Waals surface area contributed by atoms with Crippen molar-refractivity contribution in [2.75, 3.05) is 7.11 Å². The molecule has 0 saturated carbocycles. The number of carbonyl (C=O) groups excluding carboxylic acids is 2. The molecule has 0 bridgehead atoms. The lowest BCUT2D eigenvalue weighted by atomic mass is 10.1. The van der Waals surface area contributed by atoms with Crippen LogP contribution in [0.2, 0.25) is 5.02 Å². The molecule has 5 rings (SSSR count). The van der Waals surface area contributed by atoms with Gasteiger partial charge >= 0.3 is 11.9 Å². The van der Waals surface area contributed by atoms with E-state index in [-0.39, 0.29) is 17.3 Å². The number of aliphatic imine (C=N–C) groups is 1. The number of benzene rings is 3. The van der Waals surface area contributed by atoms with Crippen LogP contribution in [0.5, 0.6) is 11.5 Å². The summed E-state index contributed by atoms with van der Waals surface area (Å²) in [5.74, 6) is -0.148. The van der Waals surface area contributed by atoms with Crippen LogP contribution in [-0.4, -0.2) is 24.9 Å². The van der Waals surface area contributed by atoms with Crippen LogP contribution in [0.4, 0.5) is 0 Å². The van der Waals surface area contributed by atoms with Gasteiger partial charge in [-0.3, -0.25) is 0 Å². The molecule has 0 saturated heterocycles. The number of carbonyl (C=O) groups is 2. The molecule has 0 radical (unpaired) electrons. The zero-order valence-corrected chi connectivity index (χ0v) is 21.2. The summed E-state index contributed by atoms with van der Waals surface area (Å²) in [5, 5.41) is 1.35. The van der Waals surface area contributed by atoms with Crippen LogP contribution in [0.15, 0.2) is 81.9 Å². The van der Waals surface area contributed by atoms with Crippen LogP contribution in [-0.2, 0) is 9.53 Å². The molecule has 0 fully saturated rings. The van der Waals surface area contributed by atoms with Crippen molar-refractivity contribution in [3.05, 3.63) is 97.9 Å². The molecule has 0 spiro atoms. The number of fused-ring (bicyclic) bond motifs is 1. The number of methoxy groups -OCH3 is 1. The van der Waals surface area contributed by atoms with Crippen LogP contribution in [0.1, 0.15) is 20.8 Å². The van der Waals surface area contributed by atoms with E-state index in [9.17, 15) is 9.59 Å². The minimum atomic E-state index is -0.624. The third kappa shape index (κ3) is 4.73. The van der Waals surface area contributed by atoms with E-state index in [1.54, 1.807) is 49.6 Å². The maximum Gasteiger partial charge on any atom is 0.363 e. The number of esters is 2. The Kier molecular flexibility index (Phi) is 6.42. The highest BCUT2D eigenvalue weighted by atomic mass is 79.9. The summed E-state index contributed by atoms with van der Waals surface area (Å²) >= 11 is 11.3. The molecule has 0 atom stereocenters. The van der Waals surface area contributed by atoms with Crippen LogP contribution < -0.4 is 9.47 Å². The fourth-order valence-corrected chi connectivity index (χ4v) is 5.23. The lowest BCUT2D eigenvalue weighted by molar-refractivity contribution is -0.129. The lowest BCUT2D eigenvalue weighted by Crippen LogP contribution is -2.09. The Morgan fingerprint density at radius 2 is 1.89 bits per heavy atom. The zero-order valence-electron chi connectivity index (χ0n) is 18.1. The van der Waals surface area contributed by atoms with Crippen LogP contribution in [0, 0.1) is 0 Å². The van der Waals surface area contributed by atoms with Gasteiger partial charge in [-0.05, 0) is 54.6 Å². The van der Waals surface area contributed by atoms with E-state index < -0.39 is 11.9 Å².